The van der Waals surface area contributed by atoms with Crippen LogP contribution in [0.15, 0.2) is 28.8 Å². The second-order valence-corrected chi connectivity index (χ2v) is 4.66. The zero-order valence-electron chi connectivity index (χ0n) is 10.6. The molecule has 5 heteroatoms. The van der Waals surface area contributed by atoms with Gasteiger partial charge in [-0.05, 0) is 18.2 Å². The van der Waals surface area contributed by atoms with Crippen molar-refractivity contribution in [3.05, 3.63) is 24.3 Å². The van der Waals surface area contributed by atoms with Crippen LogP contribution in [-0.4, -0.2) is 32.3 Å². The first-order chi connectivity index (χ1) is 8.65. The van der Waals surface area contributed by atoms with Gasteiger partial charge in [-0.1, -0.05) is 5.16 Å². The lowest BCUT2D eigenvalue weighted by atomic mass is 10.1. The molecule has 2 aromatic rings. The van der Waals surface area contributed by atoms with Crippen LogP contribution in [0.25, 0.3) is 11.3 Å². The third-order valence-corrected chi connectivity index (χ3v) is 3.38. The third kappa shape index (κ3) is 1.68. The van der Waals surface area contributed by atoms with Crippen LogP contribution in [0.3, 0.4) is 0 Å². The minimum Gasteiger partial charge on any atom is -0.381 e. The fraction of sp³-hybridized carbons (Fsp3) is 0.308. The fourth-order valence-electron chi connectivity index (χ4n) is 2.27. The van der Waals surface area contributed by atoms with Gasteiger partial charge in [-0.2, -0.15) is 0 Å². The van der Waals surface area contributed by atoms with Crippen LogP contribution < -0.4 is 15.5 Å². The zero-order chi connectivity index (χ0) is 12.7. The van der Waals surface area contributed by atoms with Crippen molar-refractivity contribution in [3.8, 4) is 11.3 Å². The van der Waals surface area contributed by atoms with Gasteiger partial charge in [-0.3, -0.25) is 0 Å². The molecule has 0 amide bonds. The van der Waals surface area contributed by atoms with Gasteiger partial charge in [-0.15, -0.1) is 0 Å². The summed E-state index contributed by atoms with van der Waals surface area (Å²) < 4.78 is 5.20. The van der Waals surface area contributed by atoms with Crippen molar-refractivity contribution in [2.24, 2.45) is 0 Å². The number of rotatable bonds is 1. The average molecular weight is 244 g/mol. The Morgan fingerprint density at radius 3 is 2.50 bits per heavy atom. The van der Waals surface area contributed by atoms with Crippen LogP contribution in [0.4, 0.5) is 17.2 Å². The summed E-state index contributed by atoms with van der Waals surface area (Å²) in [4.78, 5) is 4.51. The topological polar surface area (TPSA) is 58.5 Å². The maximum absolute atomic E-state index is 5.58. The Morgan fingerprint density at radius 1 is 1.11 bits per heavy atom. The Bertz CT molecular complexity index is 578. The van der Waals surface area contributed by atoms with Gasteiger partial charge in [0.2, 0.25) is 0 Å². The van der Waals surface area contributed by atoms with Gasteiger partial charge in [0.05, 0.1) is 11.4 Å². The number of fused-ring (bicyclic) bond motifs is 1. The number of aromatic nitrogens is 1. The molecule has 94 valence electrons. The quantitative estimate of drug-likeness (QED) is 0.829. The molecule has 18 heavy (non-hydrogen) atoms. The molecule has 0 saturated heterocycles. The number of nitrogen functional groups attached to an aromatic ring is 1. The van der Waals surface area contributed by atoms with E-state index in [1.165, 1.54) is 11.4 Å². The Balaban J connectivity index is 2.07. The Labute approximate surface area is 106 Å². The van der Waals surface area contributed by atoms with Crippen molar-refractivity contribution < 1.29 is 4.52 Å². The molecule has 0 spiro atoms. The fourth-order valence-corrected chi connectivity index (χ4v) is 2.27. The average Bonchev–Trinajstić information content (AvgIpc) is 2.80. The minimum absolute atomic E-state index is 0.410. The monoisotopic (exact) mass is 244 g/mol. The second kappa shape index (κ2) is 3.94. The summed E-state index contributed by atoms with van der Waals surface area (Å²) in [6, 6.07) is 8.01. The van der Waals surface area contributed by atoms with Crippen molar-refractivity contribution >= 4 is 17.2 Å². The third-order valence-electron chi connectivity index (χ3n) is 3.38. The zero-order valence-corrected chi connectivity index (χ0v) is 10.6. The van der Waals surface area contributed by atoms with E-state index in [1.807, 2.05) is 6.07 Å². The van der Waals surface area contributed by atoms with Gasteiger partial charge in [0.25, 0.3) is 0 Å². The molecule has 0 fully saturated rings. The molecule has 5 nitrogen and oxygen atoms in total. The number of benzene rings is 1. The van der Waals surface area contributed by atoms with Gasteiger partial charge in [-0.25, -0.2) is 0 Å². The number of hydrogen-bond donors (Lipinski definition) is 1. The molecule has 1 aliphatic heterocycles. The van der Waals surface area contributed by atoms with E-state index in [0.717, 1.165) is 18.7 Å². The molecule has 2 N–H and O–H groups in total. The number of nitrogens with zero attached hydrogens (tertiary/aromatic N) is 3. The Kier molecular flexibility index (Phi) is 2.40. The lowest BCUT2D eigenvalue weighted by Crippen LogP contribution is -2.36. The van der Waals surface area contributed by atoms with E-state index < -0.39 is 0 Å². The van der Waals surface area contributed by atoms with Gasteiger partial charge >= 0.3 is 0 Å². The SMILES string of the molecule is CN1CCN(C)c2cc(-c3cc(N)no3)ccc21. The minimum atomic E-state index is 0.410. The van der Waals surface area contributed by atoms with E-state index in [0.29, 0.717) is 11.6 Å². The summed E-state index contributed by atoms with van der Waals surface area (Å²) in [6.45, 7) is 2.06. The van der Waals surface area contributed by atoms with E-state index in [-0.39, 0.29) is 0 Å². The van der Waals surface area contributed by atoms with E-state index >= 15 is 0 Å². The molecule has 0 saturated carbocycles. The first-order valence-electron chi connectivity index (χ1n) is 5.94. The summed E-state index contributed by atoms with van der Waals surface area (Å²) in [5.41, 5.74) is 9.02. The van der Waals surface area contributed by atoms with Crippen molar-refractivity contribution in [2.45, 2.75) is 0 Å². The first kappa shape index (κ1) is 11.0. The molecular weight excluding hydrogens is 228 g/mol. The molecule has 0 radical (unpaired) electrons. The van der Waals surface area contributed by atoms with Gasteiger partial charge in [0.1, 0.15) is 0 Å². The van der Waals surface area contributed by atoms with Crippen molar-refractivity contribution in [1.29, 1.82) is 0 Å². The van der Waals surface area contributed by atoms with Crippen LogP contribution in [-0.2, 0) is 0 Å². The van der Waals surface area contributed by atoms with Crippen LogP contribution >= 0.6 is 0 Å². The van der Waals surface area contributed by atoms with E-state index in [2.05, 4.69) is 41.2 Å². The molecule has 1 aromatic heterocycles. The van der Waals surface area contributed by atoms with Gasteiger partial charge < -0.3 is 20.1 Å². The highest BCUT2D eigenvalue weighted by molar-refractivity contribution is 5.79. The Morgan fingerprint density at radius 2 is 1.83 bits per heavy atom. The molecule has 0 bridgehead atoms. The Hall–Kier alpha value is -2.17. The maximum atomic E-state index is 5.58. The molecule has 0 atom stereocenters. The summed E-state index contributed by atoms with van der Waals surface area (Å²) in [5.74, 6) is 1.12. The molecular formula is C13H16N4O. The lowest BCUT2D eigenvalue weighted by molar-refractivity contribution is 0.436. The summed E-state index contributed by atoms with van der Waals surface area (Å²) in [5, 5.41) is 3.72. The molecule has 1 aromatic carbocycles. The molecule has 0 aliphatic carbocycles. The van der Waals surface area contributed by atoms with Crippen LogP contribution in [0.1, 0.15) is 0 Å². The standard InChI is InChI=1S/C13H16N4O/c1-16-5-6-17(2)11-7-9(3-4-10(11)16)12-8-13(14)15-18-12/h3-4,7-8H,5-6H2,1-2H3,(H2,14,15). The molecule has 1 aliphatic rings. The largest absolute Gasteiger partial charge is 0.381 e. The van der Waals surface area contributed by atoms with Gasteiger partial charge in [0.15, 0.2) is 11.6 Å². The number of likely N-dealkylation sites (N-methyl/N-ethyl adjacent to an activating group) is 2. The second-order valence-electron chi connectivity index (χ2n) is 4.66. The van der Waals surface area contributed by atoms with Crippen LogP contribution in [0.2, 0.25) is 0 Å². The van der Waals surface area contributed by atoms with E-state index in [1.54, 1.807) is 6.07 Å². The molecule has 2 heterocycles. The van der Waals surface area contributed by atoms with Crippen molar-refractivity contribution in [3.63, 3.8) is 0 Å². The van der Waals surface area contributed by atoms with Crippen molar-refractivity contribution in [2.75, 3.05) is 42.7 Å². The molecule has 3 rings (SSSR count). The smallest absolute Gasteiger partial charge is 0.169 e. The highest BCUT2D eigenvalue weighted by atomic mass is 16.5. The predicted octanol–water partition coefficient (Wildman–Crippen LogP) is 1.81. The van der Waals surface area contributed by atoms with Crippen LogP contribution in [0.5, 0.6) is 0 Å². The van der Waals surface area contributed by atoms with E-state index in [4.69, 9.17) is 10.3 Å². The summed E-state index contributed by atoms with van der Waals surface area (Å²) in [6.07, 6.45) is 0. The lowest BCUT2D eigenvalue weighted by Gasteiger charge is -2.34. The van der Waals surface area contributed by atoms with Crippen molar-refractivity contribution in [1.82, 2.24) is 5.16 Å². The summed E-state index contributed by atoms with van der Waals surface area (Å²) in [7, 11) is 4.21. The predicted molar refractivity (Wildman–Crippen MR) is 72.9 cm³/mol. The maximum Gasteiger partial charge on any atom is 0.169 e. The van der Waals surface area contributed by atoms with Crippen LogP contribution in [0, 0.1) is 0 Å². The van der Waals surface area contributed by atoms with Gasteiger partial charge in [0, 0.05) is 38.8 Å². The summed E-state index contributed by atoms with van der Waals surface area (Å²) >= 11 is 0. The highest BCUT2D eigenvalue weighted by Crippen LogP contribution is 2.35. The van der Waals surface area contributed by atoms with E-state index in [9.17, 15) is 0 Å². The first-order valence-corrected chi connectivity index (χ1v) is 5.94. The highest BCUT2D eigenvalue weighted by Gasteiger charge is 2.18. The normalized spacial score (nSPS) is 14.8. The number of nitrogens with two attached hydrogens (primary N) is 1. The number of anilines is 3. The number of hydrogen-bond acceptors (Lipinski definition) is 5. The molecule has 0 unspecified atom stereocenters.